The zero-order valence-corrected chi connectivity index (χ0v) is 20.3. The van der Waals surface area contributed by atoms with Gasteiger partial charge in [-0.3, -0.25) is 4.21 Å². The first-order valence-electron chi connectivity index (χ1n) is 12.4. The molecular formula is C25H30N6O2S. The number of oxime groups is 1. The van der Waals surface area contributed by atoms with E-state index < -0.39 is 10.8 Å². The molecule has 178 valence electrons. The van der Waals surface area contributed by atoms with Gasteiger partial charge in [0.25, 0.3) is 0 Å². The minimum Gasteiger partial charge on any atom is -0.399 e. The van der Waals surface area contributed by atoms with Crippen molar-refractivity contribution >= 4 is 34.0 Å². The molecule has 2 aromatic rings. The highest BCUT2D eigenvalue weighted by Gasteiger charge is 2.42. The topological polar surface area (TPSA) is 82.9 Å². The molecule has 3 fully saturated rings. The van der Waals surface area contributed by atoms with Crippen LogP contribution in [0.5, 0.6) is 0 Å². The summed E-state index contributed by atoms with van der Waals surface area (Å²) in [5.74, 6) is 3.47. The molecule has 2 aliphatic carbocycles. The molecule has 3 aliphatic heterocycles. The molecule has 2 unspecified atom stereocenters. The molecule has 8 nitrogen and oxygen atoms in total. The molecule has 0 radical (unpaired) electrons. The van der Waals surface area contributed by atoms with E-state index in [1.54, 1.807) is 7.11 Å². The Labute approximate surface area is 202 Å². The summed E-state index contributed by atoms with van der Waals surface area (Å²) in [7, 11) is 0.556. The highest BCUT2D eigenvalue weighted by atomic mass is 32.2. The first kappa shape index (κ1) is 20.7. The third kappa shape index (κ3) is 3.39. The molecule has 5 aliphatic rings. The quantitative estimate of drug-likeness (QED) is 0.661. The zero-order chi connectivity index (χ0) is 22.8. The average Bonchev–Trinajstić information content (AvgIpc) is 3.46. The molecule has 1 aromatic carbocycles. The number of hydrogen-bond acceptors (Lipinski definition) is 8. The molecule has 0 bridgehead atoms. The van der Waals surface area contributed by atoms with Gasteiger partial charge >= 0.3 is 0 Å². The van der Waals surface area contributed by atoms with Crippen LogP contribution in [0.2, 0.25) is 0 Å². The highest BCUT2D eigenvalue weighted by molar-refractivity contribution is 7.85. The number of aryl methyl sites for hydroxylation is 3. The van der Waals surface area contributed by atoms with Crippen molar-refractivity contribution in [1.82, 2.24) is 9.97 Å². The van der Waals surface area contributed by atoms with Gasteiger partial charge in [-0.1, -0.05) is 11.2 Å². The van der Waals surface area contributed by atoms with Crippen molar-refractivity contribution in [2.75, 3.05) is 54.2 Å². The normalized spacial score (nSPS) is 28.7. The number of anilines is 3. The van der Waals surface area contributed by atoms with Gasteiger partial charge in [-0.25, -0.2) is 4.98 Å². The van der Waals surface area contributed by atoms with Gasteiger partial charge in [-0.05, 0) is 36.1 Å². The van der Waals surface area contributed by atoms with Crippen LogP contribution in [0.4, 0.5) is 17.5 Å². The lowest BCUT2D eigenvalue weighted by molar-refractivity contribution is 0.209. The Kier molecular flexibility index (Phi) is 4.82. The summed E-state index contributed by atoms with van der Waals surface area (Å²) in [5.41, 5.74) is 6.46. The van der Waals surface area contributed by atoms with Crippen molar-refractivity contribution < 1.29 is 9.05 Å². The van der Waals surface area contributed by atoms with Crippen LogP contribution in [0.3, 0.4) is 0 Å². The van der Waals surface area contributed by atoms with E-state index in [1.165, 1.54) is 29.7 Å². The first-order chi connectivity index (χ1) is 16.6. The summed E-state index contributed by atoms with van der Waals surface area (Å²) in [6.07, 6.45) is 4.90. The minimum atomic E-state index is -1.02. The monoisotopic (exact) mass is 478 g/mol. The fourth-order valence-corrected chi connectivity index (χ4v) is 7.49. The summed E-state index contributed by atoms with van der Waals surface area (Å²) < 4.78 is 12.7. The van der Waals surface area contributed by atoms with Crippen LogP contribution in [0.15, 0.2) is 28.3 Å². The van der Waals surface area contributed by atoms with Gasteiger partial charge in [-0.2, -0.15) is 4.98 Å². The van der Waals surface area contributed by atoms with Crippen LogP contribution < -0.4 is 15.1 Å². The van der Waals surface area contributed by atoms with Crippen LogP contribution in [-0.4, -0.2) is 65.0 Å². The number of fused-ring (bicyclic) bond motifs is 3. The van der Waals surface area contributed by atoms with Crippen LogP contribution >= 0.6 is 0 Å². The molecule has 0 spiro atoms. The fourth-order valence-electron chi connectivity index (χ4n) is 6.18. The number of rotatable bonds is 5. The lowest BCUT2D eigenvalue weighted by Crippen LogP contribution is -2.37. The van der Waals surface area contributed by atoms with Gasteiger partial charge in [0.15, 0.2) is 0 Å². The van der Waals surface area contributed by atoms with Crippen molar-refractivity contribution in [3.63, 3.8) is 0 Å². The van der Waals surface area contributed by atoms with Gasteiger partial charge in [0, 0.05) is 74.8 Å². The number of benzene rings is 1. The van der Waals surface area contributed by atoms with E-state index in [0.29, 0.717) is 17.6 Å². The van der Waals surface area contributed by atoms with Crippen LogP contribution in [-0.2, 0) is 34.9 Å². The molecule has 9 heteroatoms. The number of hydrogen-bond donors (Lipinski definition) is 1. The van der Waals surface area contributed by atoms with E-state index in [9.17, 15) is 4.21 Å². The Morgan fingerprint density at radius 1 is 1.03 bits per heavy atom. The summed E-state index contributed by atoms with van der Waals surface area (Å²) in [4.78, 5) is 20.5. The molecule has 34 heavy (non-hydrogen) atoms. The molecule has 4 heterocycles. The fraction of sp³-hybridized carbons (Fsp3) is 0.560. The van der Waals surface area contributed by atoms with Crippen molar-refractivity contribution in [3.05, 3.63) is 35.0 Å². The summed E-state index contributed by atoms with van der Waals surface area (Å²) in [6.45, 7) is 4.18. The van der Waals surface area contributed by atoms with Gasteiger partial charge in [0.2, 0.25) is 5.95 Å². The van der Waals surface area contributed by atoms with Crippen LogP contribution in [0.25, 0.3) is 0 Å². The second-order valence-corrected chi connectivity index (χ2v) is 11.8. The second kappa shape index (κ2) is 7.93. The number of aromatic nitrogens is 2. The lowest BCUT2D eigenvalue weighted by atomic mass is 9.88. The van der Waals surface area contributed by atoms with Crippen LogP contribution in [0, 0.1) is 11.8 Å². The second-order valence-electron chi connectivity index (χ2n) is 10.3. The van der Waals surface area contributed by atoms with Gasteiger partial charge in [0.1, 0.15) is 17.8 Å². The van der Waals surface area contributed by atoms with Crippen LogP contribution in [0.1, 0.15) is 29.7 Å². The SMILES string of the molecule is CON=C1CC(Nc2nc(N3CC4CN(c5ccc6c(c5)CC6)CC4C3)nc3c2[S@@](=O)CC3)C1. The van der Waals surface area contributed by atoms with Crippen molar-refractivity contribution in [3.8, 4) is 0 Å². The van der Waals surface area contributed by atoms with E-state index in [2.05, 4.69) is 38.5 Å². The van der Waals surface area contributed by atoms with Crippen molar-refractivity contribution in [1.29, 1.82) is 0 Å². The standard InChI is InChI=1S/C25H30N6O2S/c1-33-29-20-9-19(10-20)26-24-23-22(6-7-34(23)32)27-25(28-24)31-13-17-11-30(12-18(17)14-31)21-5-4-15-2-3-16(15)8-21/h4-5,8,17-19H,2-3,6-7,9-14H2,1H3,(H,26,27,28)/t17?,18?,19?,34-/m0/s1. The Morgan fingerprint density at radius 3 is 2.50 bits per heavy atom. The largest absolute Gasteiger partial charge is 0.399 e. The van der Waals surface area contributed by atoms with E-state index in [4.69, 9.17) is 14.8 Å². The summed E-state index contributed by atoms with van der Waals surface area (Å²) in [6, 6.07) is 7.29. The first-order valence-corrected chi connectivity index (χ1v) is 13.7. The Balaban J connectivity index is 1.08. The van der Waals surface area contributed by atoms with Gasteiger partial charge in [-0.15, -0.1) is 0 Å². The molecule has 3 atom stereocenters. The maximum atomic E-state index is 12.7. The number of nitrogens with zero attached hydrogens (tertiary/aromatic N) is 5. The van der Waals surface area contributed by atoms with Crippen molar-refractivity contribution in [2.24, 2.45) is 17.0 Å². The molecule has 1 aromatic heterocycles. The van der Waals surface area contributed by atoms with E-state index >= 15 is 0 Å². The summed E-state index contributed by atoms with van der Waals surface area (Å²) >= 11 is 0. The Bertz CT molecular complexity index is 1190. The minimum absolute atomic E-state index is 0.257. The maximum absolute atomic E-state index is 12.7. The molecule has 2 saturated heterocycles. The predicted octanol–water partition coefficient (Wildman–Crippen LogP) is 2.39. The Morgan fingerprint density at radius 2 is 1.79 bits per heavy atom. The third-order valence-corrected chi connectivity index (χ3v) is 9.65. The molecule has 1 saturated carbocycles. The van der Waals surface area contributed by atoms with Gasteiger partial charge < -0.3 is 20.0 Å². The smallest absolute Gasteiger partial charge is 0.227 e. The summed E-state index contributed by atoms with van der Waals surface area (Å²) in [5, 5.41) is 7.57. The van der Waals surface area contributed by atoms with E-state index in [1.807, 2.05) is 0 Å². The molecular weight excluding hydrogens is 448 g/mol. The van der Waals surface area contributed by atoms with E-state index in [-0.39, 0.29) is 6.04 Å². The highest BCUT2D eigenvalue weighted by Crippen LogP contribution is 2.38. The maximum Gasteiger partial charge on any atom is 0.227 e. The molecule has 0 amide bonds. The average molecular weight is 479 g/mol. The Hall–Kier alpha value is -2.68. The predicted molar refractivity (Wildman–Crippen MR) is 133 cm³/mol. The number of nitrogens with one attached hydrogen (secondary N) is 1. The van der Waals surface area contributed by atoms with Gasteiger partial charge in [0.05, 0.1) is 22.2 Å². The molecule has 1 N–H and O–H groups in total. The molecule has 7 rings (SSSR count). The lowest BCUT2D eigenvalue weighted by Gasteiger charge is -2.29. The third-order valence-electron chi connectivity index (χ3n) is 8.19. The van der Waals surface area contributed by atoms with Crippen molar-refractivity contribution in [2.45, 2.75) is 43.0 Å². The van der Waals surface area contributed by atoms with E-state index in [0.717, 1.165) is 73.5 Å². The zero-order valence-electron chi connectivity index (χ0n) is 19.5.